The van der Waals surface area contributed by atoms with Gasteiger partial charge in [-0.05, 0) is 137 Å². The van der Waals surface area contributed by atoms with Crippen LogP contribution in [0.2, 0.25) is 0 Å². The number of aryl methyl sites for hydroxylation is 2. The van der Waals surface area contributed by atoms with Gasteiger partial charge in [0.1, 0.15) is 46.5 Å². The molecule has 23 nitrogen and oxygen atoms in total. The highest BCUT2D eigenvalue weighted by Gasteiger charge is 2.46. The molecule has 2 aromatic carbocycles. The smallest absolute Gasteiger partial charge is 0.410 e. The van der Waals surface area contributed by atoms with Gasteiger partial charge in [-0.1, -0.05) is 12.1 Å². The number of nitrogens with zero attached hydrogens (tertiary/aromatic N) is 10. The fraction of sp³-hybridized carbons (Fsp3) is 0.552. The number of piperazine rings is 1. The molecule has 1 aliphatic carbocycles. The second-order valence-corrected chi connectivity index (χ2v) is 26.6. The van der Waals surface area contributed by atoms with E-state index in [0.29, 0.717) is 86.9 Å². The molecule has 0 spiro atoms. The Morgan fingerprint density at radius 3 is 2.33 bits per heavy atom. The van der Waals surface area contributed by atoms with Crippen LogP contribution < -0.4 is 25.6 Å². The van der Waals surface area contributed by atoms with Crippen LogP contribution in [0.25, 0.3) is 10.9 Å². The number of anilines is 4. The van der Waals surface area contributed by atoms with Crippen molar-refractivity contribution in [3.63, 3.8) is 0 Å². The minimum absolute atomic E-state index is 0.0561. The summed E-state index contributed by atoms with van der Waals surface area (Å²) in [6, 6.07) is 5.68. The van der Waals surface area contributed by atoms with Crippen molar-refractivity contribution in [2.75, 3.05) is 75.0 Å². The molecule has 6 heterocycles. The molecule has 440 valence electrons. The van der Waals surface area contributed by atoms with Gasteiger partial charge < -0.3 is 40.1 Å². The van der Waals surface area contributed by atoms with Gasteiger partial charge >= 0.3 is 6.09 Å². The SMILES string of the molecule is Cc1[nH]nc(Nc2ncnc3cc(OCCCN4CCN(c5ncc(C(=O)N6CC[C@H]7CC[C@@H](C(=O)Nc8cccc9c8CCCC9)N7C(=O)[C@@H](NC(=O)[C@H](C)N(C)C(=O)OC(C)(C)C)C6)cn5)CC4)c(S(=O)(=O)C(C)(C)C)cc23)c1C. The van der Waals surface area contributed by atoms with Crippen molar-refractivity contribution >= 4 is 73.7 Å². The zero-order valence-electron chi connectivity index (χ0n) is 48.8. The van der Waals surface area contributed by atoms with E-state index in [-0.39, 0.29) is 47.9 Å². The average molecular weight is 1150 g/mol. The van der Waals surface area contributed by atoms with Gasteiger partial charge in [0, 0.05) is 93.1 Å². The number of ether oxygens (including phenoxy) is 2. The first kappa shape index (κ1) is 59.2. The summed E-state index contributed by atoms with van der Waals surface area (Å²) in [5, 5.41) is 17.0. The summed E-state index contributed by atoms with van der Waals surface area (Å²) in [7, 11) is -2.42. The van der Waals surface area contributed by atoms with E-state index >= 15 is 0 Å². The highest BCUT2D eigenvalue weighted by molar-refractivity contribution is 7.92. The predicted molar refractivity (Wildman–Crippen MR) is 310 cm³/mol. The molecule has 5 aromatic rings. The number of aromatic amines is 1. The minimum atomic E-state index is -3.87. The molecule has 82 heavy (non-hydrogen) atoms. The van der Waals surface area contributed by atoms with Gasteiger partial charge in [0.15, 0.2) is 15.7 Å². The number of likely N-dealkylation sites (N-methyl/N-ethyl adjacent to an activating group) is 1. The number of carbonyl (C=O) groups excluding carboxylic acids is 5. The largest absolute Gasteiger partial charge is 0.492 e. The second-order valence-electron chi connectivity index (χ2n) is 23.9. The maximum Gasteiger partial charge on any atom is 0.410 e. The van der Waals surface area contributed by atoms with E-state index in [2.05, 4.69) is 57.0 Å². The van der Waals surface area contributed by atoms with E-state index in [0.717, 1.165) is 53.1 Å². The molecule has 3 saturated heterocycles. The van der Waals surface area contributed by atoms with Crippen molar-refractivity contribution in [2.24, 2.45) is 0 Å². The number of hydrogen-bond donors (Lipinski definition) is 4. The molecule has 0 saturated carbocycles. The first-order valence-electron chi connectivity index (χ1n) is 28.4. The fourth-order valence-corrected chi connectivity index (χ4v) is 12.3. The van der Waals surface area contributed by atoms with Gasteiger partial charge in [-0.2, -0.15) is 5.10 Å². The molecule has 3 aromatic heterocycles. The molecule has 4 atom stereocenters. The average Bonchev–Trinajstić information content (AvgIpc) is 4.15. The van der Waals surface area contributed by atoms with E-state index in [1.165, 1.54) is 43.2 Å². The van der Waals surface area contributed by atoms with Crippen molar-refractivity contribution in [3.05, 3.63) is 77.0 Å². The van der Waals surface area contributed by atoms with E-state index in [1.54, 1.807) is 58.6 Å². The number of sulfone groups is 1. The summed E-state index contributed by atoms with van der Waals surface area (Å²) in [6.07, 6.45) is 9.54. The first-order chi connectivity index (χ1) is 38.9. The molecule has 9 rings (SSSR count). The summed E-state index contributed by atoms with van der Waals surface area (Å²) >= 11 is 0. The van der Waals surface area contributed by atoms with Crippen LogP contribution in [0.3, 0.4) is 0 Å². The predicted octanol–water partition coefficient (Wildman–Crippen LogP) is 6.13. The van der Waals surface area contributed by atoms with Crippen LogP contribution in [-0.4, -0.2) is 182 Å². The Bertz CT molecular complexity index is 3310. The third-order valence-corrected chi connectivity index (χ3v) is 18.6. The Balaban J connectivity index is 0.831. The number of carbonyl (C=O) groups is 5. The van der Waals surface area contributed by atoms with E-state index in [4.69, 9.17) is 9.47 Å². The van der Waals surface area contributed by atoms with E-state index < -0.39 is 62.1 Å². The summed E-state index contributed by atoms with van der Waals surface area (Å²) in [5.74, 6) is -0.159. The molecule has 3 aliphatic heterocycles. The third-order valence-electron chi connectivity index (χ3n) is 16.1. The van der Waals surface area contributed by atoms with Crippen LogP contribution in [0.15, 0.2) is 53.9 Å². The maximum atomic E-state index is 14.9. The van der Waals surface area contributed by atoms with Crippen LogP contribution in [0.5, 0.6) is 5.75 Å². The number of amides is 5. The molecule has 24 heteroatoms. The Morgan fingerprint density at radius 1 is 0.902 bits per heavy atom. The van der Waals surface area contributed by atoms with E-state index in [9.17, 15) is 32.4 Å². The molecule has 3 fully saturated rings. The standard InChI is InChI=1S/C58H78N14O9S/c1-35-36(2)66-67-49(35)65-50-42-29-48(82(78,79)58(7,8)9)47(30-44(42)61-34-62-50)80-28-14-22-69-24-26-70(27-25-69)55-59-31-39(32-60-55)53(75)71-23-21-40-19-20-46(52(74)63-43-18-13-16-38-15-11-12-17-41(38)43)72(40)54(76)45(33-71)64-51(73)37(3)68(10)56(77)81-57(4,5)6/h13,16,18,29-32,34,37,40,45-46H,11-12,14-15,17,19-28,33H2,1-10H3,(H,63,74)(H,64,73)(H2,61,62,65,66,67)/t37-,40+,45-,46-/m0/s1. The quantitative estimate of drug-likeness (QED) is 0.0859. The van der Waals surface area contributed by atoms with Gasteiger partial charge in [0.05, 0.1) is 29.0 Å². The highest BCUT2D eigenvalue weighted by atomic mass is 32.2. The number of fused-ring (bicyclic) bond motifs is 3. The molecule has 0 bridgehead atoms. The van der Waals surface area contributed by atoms with Crippen LogP contribution in [-0.2, 0) is 41.8 Å². The normalized spacial score (nSPS) is 19.4. The lowest BCUT2D eigenvalue weighted by Crippen LogP contribution is -2.62. The van der Waals surface area contributed by atoms with Gasteiger partial charge in [-0.25, -0.2) is 33.1 Å². The Labute approximate surface area is 479 Å². The summed E-state index contributed by atoms with van der Waals surface area (Å²) in [5.41, 5.74) is 4.81. The van der Waals surface area contributed by atoms with Gasteiger partial charge in [0.25, 0.3) is 5.91 Å². The van der Waals surface area contributed by atoms with Crippen molar-refractivity contribution < 1.29 is 41.9 Å². The van der Waals surface area contributed by atoms with Crippen molar-refractivity contribution in [1.82, 2.24) is 55.0 Å². The van der Waals surface area contributed by atoms with Gasteiger partial charge in [0.2, 0.25) is 23.7 Å². The van der Waals surface area contributed by atoms with Crippen molar-refractivity contribution in [2.45, 2.75) is 153 Å². The molecular weight excluding hydrogens is 1070 g/mol. The number of rotatable bonds is 15. The highest BCUT2D eigenvalue weighted by Crippen LogP contribution is 2.38. The monoisotopic (exact) mass is 1150 g/mol. The summed E-state index contributed by atoms with van der Waals surface area (Å²) in [4.78, 5) is 97.4. The molecule has 5 amide bonds. The Hall–Kier alpha value is -7.47. The van der Waals surface area contributed by atoms with Gasteiger partial charge in [-0.15, -0.1) is 0 Å². The molecule has 4 N–H and O–H groups in total. The van der Waals surface area contributed by atoms with Crippen molar-refractivity contribution in [1.29, 1.82) is 0 Å². The number of hydrogen-bond acceptors (Lipinski definition) is 17. The summed E-state index contributed by atoms with van der Waals surface area (Å²) < 4.78 is 38.7. The minimum Gasteiger partial charge on any atom is -0.492 e. The zero-order chi connectivity index (χ0) is 58.8. The van der Waals surface area contributed by atoms with Crippen LogP contribution in [0, 0.1) is 13.8 Å². The lowest BCUT2D eigenvalue weighted by molar-refractivity contribution is -0.144. The second kappa shape index (κ2) is 24.2. The number of nitrogens with one attached hydrogen (secondary N) is 4. The number of H-pyrrole nitrogens is 1. The van der Waals surface area contributed by atoms with Crippen LogP contribution in [0.4, 0.5) is 28.1 Å². The fourth-order valence-electron chi connectivity index (χ4n) is 11.0. The molecule has 0 unspecified atom stereocenters. The third kappa shape index (κ3) is 12.9. The zero-order valence-corrected chi connectivity index (χ0v) is 49.6. The lowest BCUT2D eigenvalue weighted by Gasteiger charge is -2.39. The Kier molecular flexibility index (Phi) is 17.4. The molecular formula is C58H78N14O9S. The van der Waals surface area contributed by atoms with Crippen LogP contribution >= 0.6 is 0 Å². The van der Waals surface area contributed by atoms with E-state index in [1.807, 2.05) is 30.9 Å². The topological polar surface area (TPSA) is 270 Å². The van der Waals surface area contributed by atoms with Gasteiger partial charge in [-0.3, -0.25) is 34.1 Å². The number of aromatic nitrogens is 6. The molecule has 0 radical (unpaired) electrons. The first-order valence-corrected chi connectivity index (χ1v) is 29.9. The van der Waals surface area contributed by atoms with Crippen LogP contribution in [0.1, 0.15) is 120 Å². The van der Waals surface area contributed by atoms with Crippen molar-refractivity contribution in [3.8, 4) is 5.75 Å². The lowest BCUT2D eigenvalue weighted by atomic mass is 9.90. The maximum absolute atomic E-state index is 14.9. The number of benzene rings is 2. The summed E-state index contributed by atoms with van der Waals surface area (Å²) in [6.45, 7) is 19.1. The Morgan fingerprint density at radius 2 is 1.63 bits per heavy atom. The molecule has 4 aliphatic rings.